The van der Waals surface area contributed by atoms with Crippen molar-refractivity contribution in [3.63, 3.8) is 0 Å². The number of rotatable bonds is 5. The Bertz CT molecular complexity index is 921. The highest BCUT2D eigenvalue weighted by Crippen LogP contribution is 2.31. The molecule has 0 saturated heterocycles. The molecular weight excluding hydrogens is 318 g/mol. The van der Waals surface area contributed by atoms with E-state index in [0.717, 1.165) is 10.8 Å². The molecule has 3 aromatic rings. The maximum atomic E-state index is 12.8. The van der Waals surface area contributed by atoms with Crippen molar-refractivity contribution in [2.45, 2.75) is 0 Å². The molecule has 0 bridgehead atoms. The molecule has 0 atom stereocenters. The highest BCUT2D eigenvalue weighted by Gasteiger charge is 2.16. The van der Waals surface area contributed by atoms with Crippen molar-refractivity contribution in [3.8, 4) is 17.2 Å². The van der Waals surface area contributed by atoms with Crippen molar-refractivity contribution in [1.29, 1.82) is 0 Å². The predicted molar refractivity (Wildman–Crippen MR) is 98.0 cm³/mol. The Hall–Kier alpha value is -3.21. The Kier molecular flexibility index (Phi) is 4.75. The molecule has 3 rings (SSSR count). The van der Waals surface area contributed by atoms with Crippen molar-refractivity contribution in [3.05, 3.63) is 60.2 Å². The highest BCUT2D eigenvalue weighted by molar-refractivity contribution is 6.09. The van der Waals surface area contributed by atoms with Gasteiger partial charge in [-0.25, -0.2) is 0 Å². The number of ether oxygens (including phenoxy) is 3. The number of hydrogen-bond donors (Lipinski definition) is 1. The van der Waals surface area contributed by atoms with Gasteiger partial charge in [0.05, 0.1) is 32.6 Å². The van der Waals surface area contributed by atoms with E-state index in [1.165, 1.54) is 0 Å². The van der Waals surface area contributed by atoms with Crippen LogP contribution in [-0.4, -0.2) is 27.2 Å². The number of benzene rings is 3. The second-order valence-electron chi connectivity index (χ2n) is 5.42. The summed E-state index contributed by atoms with van der Waals surface area (Å²) in [7, 11) is 4.67. The van der Waals surface area contributed by atoms with Gasteiger partial charge in [-0.3, -0.25) is 4.79 Å². The minimum absolute atomic E-state index is 0.272. The number of methoxy groups -OCH3 is 3. The molecule has 1 amide bonds. The molecule has 5 nitrogen and oxygen atoms in total. The summed E-state index contributed by atoms with van der Waals surface area (Å²) in [6.07, 6.45) is 0. The van der Waals surface area contributed by atoms with Crippen molar-refractivity contribution < 1.29 is 19.0 Å². The average Bonchev–Trinajstić information content (AvgIpc) is 2.67. The van der Waals surface area contributed by atoms with Gasteiger partial charge in [0.1, 0.15) is 17.2 Å². The molecule has 128 valence electrons. The molecule has 0 heterocycles. The van der Waals surface area contributed by atoms with E-state index in [1.54, 1.807) is 39.5 Å². The second-order valence-corrected chi connectivity index (χ2v) is 5.42. The number of amides is 1. The third-order valence-corrected chi connectivity index (χ3v) is 3.97. The SMILES string of the molecule is COc1ccc(NC(=O)c2cc3ccccc3cc2OC)c(OC)c1. The Morgan fingerprint density at radius 2 is 1.48 bits per heavy atom. The fourth-order valence-corrected chi connectivity index (χ4v) is 2.66. The summed E-state index contributed by atoms with van der Waals surface area (Å²) in [6.45, 7) is 0. The third kappa shape index (κ3) is 3.35. The van der Waals surface area contributed by atoms with Gasteiger partial charge in [-0.1, -0.05) is 24.3 Å². The van der Waals surface area contributed by atoms with Crippen molar-refractivity contribution in [2.75, 3.05) is 26.6 Å². The molecular formula is C20H19NO4. The van der Waals surface area contributed by atoms with E-state index in [2.05, 4.69) is 5.32 Å². The van der Waals surface area contributed by atoms with Crippen LogP contribution in [0.15, 0.2) is 54.6 Å². The molecule has 25 heavy (non-hydrogen) atoms. The van der Waals surface area contributed by atoms with Gasteiger partial charge in [-0.15, -0.1) is 0 Å². The van der Waals surface area contributed by atoms with Gasteiger partial charge in [0.15, 0.2) is 0 Å². The van der Waals surface area contributed by atoms with Crippen LogP contribution in [0, 0.1) is 0 Å². The molecule has 3 aromatic carbocycles. The third-order valence-electron chi connectivity index (χ3n) is 3.97. The maximum Gasteiger partial charge on any atom is 0.259 e. The number of carbonyl (C=O) groups is 1. The topological polar surface area (TPSA) is 56.8 Å². The number of anilines is 1. The summed E-state index contributed by atoms with van der Waals surface area (Å²) in [5, 5.41) is 4.85. The largest absolute Gasteiger partial charge is 0.497 e. The Morgan fingerprint density at radius 3 is 2.12 bits per heavy atom. The lowest BCUT2D eigenvalue weighted by atomic mass is 10.1. The smallest absolute Gasteiger partial charge is 0.259 e. The second kappa shape index (κ2) is 7.13. The summed E-state index contributed by atoms with van der Waals surface area (Å²) in [6, 6.07) is 16.7. The maximum absolute atomic E-state index is 12.8. The van der Waals surface area contributed by atoms with Crippen LogP contribution in [0.4, 0.5) is 5.69 Å². The normalized spacial score (nSPS) is 10.4. The van der Waals surface area contributed by atoms with Gasteiger partial charge in [-0.2, -0.15) is 0 Å². The zero-order chi connectivity index (χ0) is 17.8. The molecule has 0 aliphatic heterocycles. The number of carbonyl (C=O) groups excluding carboxylic acids is 1. The van der Waals surface area contributed by atoms with Crippen LogP contribution in [0.3, 0.4) is 0 Å². The van der Waals surface area contributed by atoms with Gasteiger partial charge in [0.2, 0.25) is 0 Å². The van der Waals surface area contributed by atoms with Gasteiger partial charge < -0.3 is 19.5 Å². The van der Waals surface area contributed by atoms with Crippen LogP contribution in [0.25, 0.3) is 10.8 Å². The van der Waals surface area contributed by atoms with E-state index in [1.807, 2.05) is 36.4 Å². The summed E-state index contributed by atoms with van der Waals surface area (Å²) in [5.41, 5.74) is 1.02. The van der Waals surface area contributed by atoms with E-state index in [9.17, 15) is 4.79 Å². The number of nitrogens with one attached hydrogen (secondary N) is 1. The molecule has 1 N–H and O–H groups in total. The van der Waals surface area contributed by atoms with Crippen molar-refractivity contribution in [2.24, 2.45) is 0 Å². The number of fused-ring (bicyclic) bond motifs is 1. The quantitative estimate of drug-likeness (QED) is 0.761. The first-order valence-electron chi connectivity index (χ1n) is 7.76. The van der Waals surface area contributed by atoms with Gasteiger partial charge >= 0.3 is 0 Å². The highest BCUT2D eigenvalue weighted by atomic mass is 16.5. The predicted octanol–water partition coefficient (Wildman–Crippen LogP) is 4.12. The average molecular weight is 337 g/mol. The lowest BCUT2D eigenvalue weighted by Crippen LogP contribution is -2.14. The molecule has 0 fully saturated rings. The zero-order valence-electron chi connectivity index (χ0n) is 14.3. The minimum Gasteiger partial charge on any atom is -0.497 e. The first-order chi connectivity index (χ1) is 12.2. The molecule has 5 heteroatoms. The van der Waals surface area contributed by atoms with Gasteiger partial charge in [0.25, 0.3) is 5.91 Å². The van der Waals surface area contributed by atoms with Crippen molar-refractivity contribution in [1.82, 2.24) is 0 Å². The molecule has 0 radical (unpaired) electrons. The van der Waals surface area contributed by atoms with Crippen LogP contribution in [0.1, 0.15) is 10.4 Å². The lowest BCUT2D eigenvalue weighted by molar-refractivity contribution is 0.102. The first-order valence-corrected chi connectivity index (χ1v) is 7.76. The lowest BCUT2D eigenvalue weighted by Gasteiger charge is -2.14. The standard InChI is InChI=1S/C20H19NO4/c1-23-15-8-9-17(19(12-15)25-3)21-20(22)16-10-13-6-4-5-7-14(13)11-18(16)24-2/h4-12H,1-3H3,(H,21,22). The summed E-state index contributed by atoms with van der Waals surface area (Å²) < 4.78 is 15.9. The van der Waals surface area contributed by atoms with E-state index >= 15 is 0 Å². The summed E-state index contributed by atoms with van der Waals surface area (Å²) >= 11 is 0. The molecule has 0 saturated carbocycles. The van der Waals surface area contributed by atoms with Crippen molar-refractivity contribution >= 4 is 22.4 Å². The fourth-order valence-electron chi connectivity index (χ4n) is 2.66. The van der Waals surface area contributed by atoms with E-state index in [0.29, 0.717) is 28.5 Å². The summed E-state index contributed by atoms with van der Waals surface area (Å²) in [4.78, 5) is 12.8. The fraction of sp³-hybridized carbons (Fsp3) is 0.150. The zero-order valence-corrected chi connectivity index (χ0v) is 14.3. The Labute approximate surface area is 146 Å². The van der Waals surface area contributed by atoms with Crippen LogP contribution >= 0.6 is 0 Å². The molecule has 0 unspecified atom stereocenters. The van der Waals surface area contributed by atoms with E-state index in [4.69, 9.17) is 14.2 Å². The van der Waals surface area contributed by atoms with E-state index < -0.39 is 0 Å². The van der Waals surface area contributed by atoms with Crippen LogP contribution < -0.4 is 19.5 Å². The summed E-state index contributed by atoms with van der Waals surface area (Å²) in [5.74, 6) is 1.42. The van der Waals surface area contributed by atoms with E-state index in [-0.39, 0.29) is 5.91 Å². The minimum atomic E-state index is -0.272. The van der Waals surface area contributed by atoms with Gasteiger partial charge in [0, 0.05) is 6.07 Å². The Morgan fingerprint density at radius 1 is 0.800 bits per heavy atom. The van der Waals surface area contributed by atoms with Gasteiger partial charge in [-0.05, 0) is 35.0 Å². The molecule has 0 spiro atoms. The Balaban J connectivity index is 1.97. The van der Waals surface area contributed by atoms with Crippen LogP contribution in [0.2, 0.25) is 0 Å². The first kappa shape index (κ1) is 16.6. The number of hydrogen-bond acceptors (Lipinski definition) is 4. The molecule has 0 aromatic heterocycles. The molecule has 0 aliphatic carbocycles. The van der Waals surface area contributed by atoms with Crippen LogP contribution in [-0.2, 0) is 0 Å². The monoisotopic (exact) mass is 337 g/mol. The van der Waals surface area contributed by atoms with Crippen LogP contribution in [0.5, 0.6) is 17.2 Å². The molecule has 0 aliphatic rings.